The van der Waals surface area contributed by atoms with E-state index in [2.05, 4.69) is 5.32 Å². The van der Waals surface area contributed by atoms with E-state index in [-0.39, 0.29) is 5.91 Å². The third kappa shape index (κ3) is 2.91. The van der Waals surface area contributed by atoms with Gasteiger partial charge in [-0.1, -0.05) is 0 Å². The van der Waals surface area contributed by atoms with Crippen molar-refractivity contribution >= 4 is 5.91 Å². The van der Waals surface area contributed by atoms with E-state index in [0.717, 1.165) is 5.76 Å². The molecule has 0 bridgehead atoms. The van der Waals surface area contributed by atoms with Gasteiger partial charge < -0.3 is 20.2 Å². The van der Waals surface area contributed by atoms with Crippen molar-refractivity contribution in [1.82, 2.24) is 5.32 Å². The summed E-state index contributed by atoms with van der Waals surface area (Å²) in [6.07, 6.45) is 3.75. The lowest BCUT2D eigenvalue weighted by molar-refractivity contribution is -0.135. The van der Waals surface area contributed by atoms with Gasteiger partial charge >= 0.3 is 0 Å². The van der Waals surface area contributed by atoms with Gasteiger partial charge in [0.05, 0.1) is 11.7 Å². The second-order valence-corrected chi connectivity index (χ2v) is 4.68. The predicted octanol–water partition coefficient (Wildman–Crippen LogP) is 0.694. The number of hydrogen-bond acceptors (Lipinski definition) is 4. The summed E-state index contributed by atoms with van der Waals surface area (Å²) in [6.45, 7) is 2.18. The van der Waals surface area contributed by atoms with Crippen LogP contribution >= 0.6 is 0 Å². The van der Waals surface area contributed by atoms with Crippen LogP contribution in [0.5, 0.6) is 0 Å². The van der Waals surface area contributed by atoms with E-state index >= 15 is 0 Å². The summed E-state index contributed by atoms with van der Waals surface area (Å²) in [6, 6.07) is 3.75. The molecule has 0 saturated carbocycles. The zero-order chi connectivity index (χ0) is 12.8. The summed E-state index contributed by atoms with van der Waals surface area (Å²) in [4.78, 5) is 12.2. The molecule has 1 saturated heterocycles. The van der Waals surface area contributed by atoms with Crippen LogP contribution in [0.2, 0.25) is 0 Å². The molecule has 100 valence electrons. The summed E-state index contributed by atoms with van der Waals surface area (Å²) in [5.41, 5.74) is 5.33. The molecule has 0 radical (unpaired) electrons. The summed E-state index contributed by atoms with van der Waals surface area (Å²) in [7, 11) is 0. The van der Waals surface area contributed by atoms with Crippen LogP contribution in [0.1, 0.15) is 18.6 Å². The second-order valence-electron chi connectivity index (χ2n) is 4.68. The Bertz CT molecular complexity index is 370. The number of carbonyl (C=O) groups is 1. The van der Waals surface area contributed by atoms with E-state index in [0.29, 0.717) is 45.6 Å². The molecule has 3 N–H and O–H groups in total. The minimum absolute atomic E-state index is 0.0415. The molecular formula is C13H20N2O3. The van der Waals surface area contributed by atoms with Gasteiger partial charge in [-0.15, -0.1) is 0 Å². The lowest BCUT2D eigenvalue weighted by Crippen LogP contribution is -2.49. The molecule has 1 amide bonds. The maximum Gasteiger partial charge on any atom is 0.227 e. The van der Waals surface area contributed by atoms with Crippen LogP contribution < -0.4 is 11.1 Å². The van der Waals surface area contributed by atoms with E-state index < -0.39 is 5.41 Å². The lowest BCUT2D eigenvalue weighted by Gasteiger charge is -2.34. The van der Waals surface area contributed by atoms with Gasteiger partial charge in [0.2, 0.25) is 5.91 Å². The Labute approximate surface area is 107 Å². The van der Waals surface area contributed by atoms with Crippen molar-refractivity contribution < 1.29 is 13.9 Å². The fourth-order valence-electron chi connectivity index (χ4n) is 2.23. The molecule has 2 rings (SSSR count). The topological polar surface area (TPSA) is 77.5 Å². The number of amides is 1. The smallest absolute Gasteiger partial charge is 0.227 e. The van der Waals surface area contributed by atoms with Crippen molar-refractivity contribution in [2.75, 3.05) is 26.3 Å². The molecule has 0 spiro atoms. The average Bonchev–Trinajstić information content (AvgIpc) is 2.92. The number of rotatable bonds is 5. The molecule has 1 aliphatic heterocycles. The van der Waals surface area contributed by atoms with Crippen LogP contribution in [0.25, 0.3) is 0 Å². The maximum absolute atomic E-state index is 12.2. The Hall–Kier alpha value is -1.33. The van der Waals surface area contributed by atoms with Crippen LogP contribution in [0, 0.1) is 5.41 Å². The Kier molecular flexibility index (Phi) is 4.38. The first-order valence-electron chi connectivity index (χ1n) is 6.35. The fraction of sp³-hybridized carbons (Fsp3) is 0.615. The normalized spacial score (nSPS) is 18.5. The summed E-state index contributed by atoms with van der Waals surface area (Å²) >= 11 is 0. The third-order valence-corrected chi connectivity index (χ3v) is 3.56. The number of carbonyl (C=O) groups excluding carboxylic acids is 1. The summed E-state index contributed by atoms with van der Waals surface area (Å²) in [5.74, 6) is 0.920. The van der Waals surface area contributed by atoms with Gasteiger partial charge in [0.1, 0.15) is 5.76 Å². The van der Waals surface area contributed by atoms with E-state index in [4.69, 9.17) is 14.9 Å². The van der Waals surface area contributed by atoms with Gasteiger partial charge in [-0.2, -0.15) is 0 Å². The summed E-state index contributed by atoms with van der Waals surface area (Å²) < 4.78 is 10.5. The Balaban J connectivity index is 1.82. The number of nitrogens with two attached hydrogens (primary N) is 1. The molecule has 5 heteroatoms. The molecule has 18 heavy (non-hydrogen) atoms. The molecule has 1 aromatic heterocycles. The van der Waals surface area contributed by atoms with E-state index in [9.17, 15) is 4.79 Å². The standard InChI is InChI=1S/C13H20N2O3/c14-10-13(4-8-17-9-5-13)12(16)15-6-3-11-2-1-7-18-11/h1-2,7H,3-6,8-10,14H2,(H,15,16). The van der Waals surface area contributed by atoms with Crippen molar-refractivity contribution in [1.29, 1.82) is 0 Å². The molecule has 0 unspecified atom stereocenters. The molecule has 5 nitrogen and oxygen atoms in total. The third-order valence-electron chi connectivity index (χ3n) is 3.56. The zero-order valence-corrected chi connectivity index (χ0v) is 10.5. The van der Waals surface area contributed by atoms with Gasteiger partial charge in [-0.05, 0) is 25.0 Å². The molecule has 0 atom stereocenters. The number of furan rings is 1. The Morgan fingerprint density at radius 1 is 1.44 bits per heavy atom. The number of ether oxygens (including phenoxy) is 1. The van der Waals surface area contributed by atoms with Gasteiger partial charge in [-0.3, -0.25) is 4.79 Å². The van der Waals surface area contributed by atoms with Crippen molar-refractivity contribution in [3.63, 3.8) is 0 Å². The zero-order valence-electron chi connectivity index (χ0n) is 10.5. The monoisotopic (exact) mass is 252 g/mol. The van der Waals surface area contributed by atoms with Crippen LogP contribution in [0.3, 0.4) is 0 Å². The van der Waals surface area contributed by atoms with Gasteiger partial charge in [0.15, 0.2) is 0 Å². The first-order valence-corrected chi connectivity index (χ1v) is 6.35. The van der Waals surface area contributed by atoms with E-state index in [1.807, 2.05) is 12.1 Å². The van der Waals surface area contributed by atoms with Crippen molar-refractivity contribution in [3.8, 4) is 0 Å². The largest absolute Gasteiger partial charge is 0.469 e. The molecule has 2 heterocycles. The SMILES string of the molecule is NCC1(C(=O)NCCc2ccco2)CCOCC1. The van der Waals surface area contributed by atoms with E-state index in [1.54, 1.807) is 6.26 Å². The minimum atomic E-state index is -0.443. The van der Waals surface area contributed by atoms with Crippen LogP contribution in [-0.4, -0.2) is 32.2 Å². The molecule has 1 fully saturated rings. The maximum atomic E-state index is 12.2. The van der Waals surface area contributed by atoms with Crippen LogP contribution in [-0.2, 0) is 16.0 Å². The van der Waals surface area contributed by atoms with Crippen molar-refractivity contribution in [2.45, 2.75) is 19.3 Å². The van der Waals surface area contributed by atoms with Gasteiger partial charge in [-0.25, -0.2) is 0 Å². The summed E-state index contributed by atoms with van der Waals surface area (Å²) in [5, 5.41) is 2.95. The predicted molar refractivity (Wildman–Crippen MR) is 67.0 cm³/mol. The van der Waals surface area contributed by atoms with Gasteiger partial charge in [0.25, 0.3) is 0 Å². The molecule has 0 aliphatic carbocycles. The molecule has 1 aromatic rings. The minimum Gasteiger partial charge on any atom is -0.469 e. The van der Waals surface area contributed by atoms with Crippen molar-refractivity contribution in [2.24, 2.45) is 11.1 Å². The highest BCUT2D eigenvalue weighted by Gasteiger charge is 2.38. The Morgan fingerprint density at radius 3 is 2.83 bits per heavy atom. The van der Waals surface area contributed by atoms with Crippen LogP contribution in [0.15, 0.2) is 22.8 Å². The molecule has 1 aliphatic rings. The highest BCUT2D eigenvalue weighted by Crippen LogP contribution is 2.29. The second kappa shape index (κ2) is 6.02. The first-order chi connectivity index (χ1) is 8.77. The highest BCUT2D eigenvalue weighted by atomic mass is 16.5. The Morgan fingerprint density at radius 2 is 2.22 bits per heavy atom. The molecular weight excluding hydrogens is 232 g/mol. The molecule has 0 aromatic carbocycles. The highest BCUT2D eigenvalue weighted by molar-refractivity contribution is 5.83. The fourth-order valence-corrected chi connectivity index (χ4v) is 2.23. The first kappa shape index (κ1) is 13.1. The van der Waals surface area contributed by atoms with E-state index in [1.165, 1.54) is 0 Å². The van der Waals surface area contributed by atoms with Crippen molar-refractivity contribution in [3.05, 3.63) is 24.2 Å². The van der Waals surface area contributed by atoms with Crippen LogP contribution in [0.4, 0.5) is 0 Å². The van der Waals surface area contributed by atoms with Gasteiger partial charge in [0, 0.05) is 32.7 Å². The number of hydrogen-bond donors (Lipinski definition) is 2. The average molecular weight is 252 g/mol. The number of nitrogens with one attached hydrogen (secondary N) is 1. The quantitative estimate of drug-likeness (QED) is 0.808. The lowest BCUT2D eigenvalue weighted by atomic mass is 9.79.